The molecule has 28 heavy (non-hydrogen) atoms. The van der Waals surface area contributed by atoms with E-state index in [1.165, 1.54) is 28.7 Å². The number of nitro groups is 1. The Balaban J connectivity index is 1.70. The predicted octanol–water partition coefficient (Wildman–Crippen LogP) is 1.25. The van der Waals surface area contributed by atoms with E-state index in [1.54, 1.807) is 19.2 Å². The molecule has 3 aromatic rings. The molecule has 0 saturated heterocycles. The summed E-state index contributed by atoms with van der Waals surface area (Å²) in [4.78, 5) is 35.1. The molecule has 1 unspecified atom stereocenters. The summed E-state index contributed by atoms with van der Waals surface area (Å²) in [5.41, 5.74) is 0.0121. The summed E-state index contributed by atoms with van der Waals surface area (Å²) in [6.07, 6.45) is 5.19. The lowest BCUT2D eigenvalue weighted by Crippen LogP contribution is -2.27. The molecule has 0 fully saturated rings. The third-order valence-corrected chi connectivity index (χ3v) is 3.88. The van der Waals surface area contributed by atoms with Crippen LogP contribution in [0.15, 0.2) is 41.4 Å². The molecule has 0 aliphatic heterocycles. The zero-order valence-corrected chi connectivity index (χ0v) is 15.0. The topological polar surface area (TPSA) is 150 Å². The second-order valence-corrected chi connectivity index (χ2v) is 5.93. The number of aryl methyl sites for hydroxylation is 1. The molecule has 2 amide bonds. The summed E-state index contributed by atoms with van der Waals surface area (Å²) in [7, 11) is 1.61. The molecule has 146 valence electrons. The van der Waals surface area contributed by atoms with Gasteiger partial charge in [-0.15, -0.1) is 0 Å². The van der Waals surface area contributed by atoms with Gasteiger partial charge in [-0.25, -0.2) is 0 Å². The highest BCUT2D eigenvalue weighted by Gasteiger charge is 2.23. The first-order valence-corrected chi connectivity index (χ1v) is 8.18. The SMILES string of the molecule is CC(C(=O)Nc1cn(C)nc1C(=O)NCc1ccco1)n1cc([N+](=O)[O-])cn1. The highest BCUT2D eigenvalue weighted by molar-refractivity contribution is 6.02. The molecule has 0 radical (unpaired) electrons. The zero-order chi connectivity index (χ0) is 20.3. The highest BCUT2D eigenvalue weighted by Crippen LogP contribution is 2.18. The number of carbonyl (C=O) groups is 2. The smallest absolute Gasteiger partial charge is 0.307 e. The molecule has 12 heteroatoms. The van der Waals surface area contributed by atoms with Crippen LogP contribution in [0.5, 0.6) is 0 Å². The van der Waals surface area contributed by atoms with Gasteiger partial charge in [0.15, 0.2) is 5.69 Å². The molecule has 2 N–H and O–H groups in total. The van der Waals surface area contributed by atoms with Crippen LogP contribution < -0.4 is 10.6 Å². The van der Waals surface area contributed by atoms with Gasteiger partial charge in [0.2, 0.25) is 5.91 Å². The van der Waals surface area contributed by atoms with Crippen LogP contribution in [0.1, 0.15) is 29.2 Å². The van der Waals surface area contributed by atoms with Crippen LogP contribution in [0, 0.1) is 10.1 Å². The molecule has 0 saturated carbocycles. The minimum Gasteiger partial charge on any atom is -0.467 e. The number of aromatic nitrogens is 4. The van der Waals surface area contributed by atoms with Crippen LogP contribution >= 0.6 is 0 Å². The molecule has 0 aliphatic rings. The van der Waals surface area contributed by atoms with E-state index in [1.807, 2.05) is 0 Å². The molecular weight excluding hydrogens is 370 g/mol. The first-order valence-electron chi connectivity index (χ1n) is 8.18. The maximum absolute atomic E-state index is 12.5. The minimum absolute atomic E-state index is 0.0288. The molecule has 0 aliphatic carbocycles. The number of nitrogens with one attached hydrogen (secondary N) is 2. The second kappa shape index (κ2) is 7.73. The standard InChI is InChI=1S/C16H17N7O5/c1-10(22-8-11(6-18-22)23(26)27)15(24)19-13-9-21(2)20-14(13)16(25)17-7-12-4-3-5-28-12/h3-6,8-10H,7H2,1-2H3,(H,17,25)(H,19,24). The van der Waals surface area contributed by atoms with Crippen LogP contribution in [-0.2, 0) is 18.4 Å². The van der Waals surface area contributed by atoms with Gasteiger partial charge in [-0.05, 0) is 19.1 Å². The van der Waals surface area contributed by atoms with E-state index in [2.05, 4.69) is 20.8 Å². The van der Waals surface area contributed by atoms with E-state index >= 15 is 0 Å². The highest BCUT2D eigenvalue weighted by atomic mass is 16.6. The average molecular weight is 387 g/mol. The van der Waals surface area contributed by atoms with Crippen molar-refractivity contribution in [2.75, 3.05) is 5.32 Å². The average Bonchev–Trinajstić information content (AvgIpc) is 3.40. The minimum atomic E-state index is -0.840. The van der Waals surface area contributed by atoms with Crippen molar-refractivity contribution in [3.63, 3.8) is 0 Å². The Labute approximate surface area is 158 Å². The molecular formula is C16H17N7O5. The number of nitrogens with zero attached hydrogens (tertiary/aromatic N) is 5. The van der Waals surface area contributed by atoms with Gasteiger partial charge in [0.25, 0.3) is 5.91 Å². The van der Waals surface area contributed by atoms with Crippen LogP contribution in [0.2, 0.25) is 0 Å². The fraction of sp³-hybridized carbons (Fsp3) is 0.250. The summed E-state index contributed by atoms with van der Waals surface area (Å²) in [5.74, 6) is -0.426. The predicted molar refractivity (Wildman–Crippen MR) is 95.3 cm³/mol. The lowest BCUT2D eigenvalue weighted by atomic mass is 10.3. The normalized spacial score (nSPS) is 11.8. The van der Waals surface area contributed by atoms with E-state index in [0.717, 1.165) is 12.4 Å². The molecule has 0 aromatic carbocycles. The van der Waals surface area contributed by atoms with E-state index in [-0.39, 0.29) is 23.6 Å². The Morgan fingerprint density at radius 2 is 2.18 bits per heavy atom. The van der Waals surface area contributed by atoms with Gasteiger partial charge in [0.05, 0.1) is 23.4 Å². The number of furan rings is 1. The van der Waals surface area contributed by atoms with Crippen molar-refractivity contribution in [3.05, 3.63) is 58.6 Å². The zero-order valence-electron chi connectivity index (χ0n) is 15.0. The number of hydrogen-bond donors (Lipinski definition) is 2. The van der Waals surface area contributed by atoms with Crippen molar-refractivity contribution in [2.45, 2.75) is 19.5 Å². The molecule has 3 heterocycles. The summed E-state index contributed by atoms with van der Waals surface area (Å²) in [6.45, 7) is 1.70. The first-order chi connectivity index (χ1) is 13.3. The van der Waals surface area contributed by atoms with Crippen molar-refractivity contribution in [1.82, 2.24) is 24.9 Å². The summed E-state index contributed by atoms with van der Waals surface area (Å²) in [6, 6.07) is 2.58. The lowest BCUT2D eigenvalue weighted by molar-refractivity contribution is -0.385. The quantitative estimate of drug-likeness (QED) is 0.457. The third-order valence-electron chi connectivity index (χ3n) is 3.88. The van der Waals surface area contributed by atoms with E-state index < -0.39 is 22.8 Å². The Kier molecular flexibility index (Phi) is 5.20. The molecule has 3 aromatic heterocycles. The first kappa shape index (κ1) is 18.8. The Morgan fingerprint density at radius 3 is 2.82 bits per heavy atom. The second-order valence-electron chi connectivity index (χ2n) is 5.93. The Bertz CT molecular complexity index is 1000. The van der Waals surface area contributed by atoms with Gasteiger partial charge in [-0.3, -0.25) is 29.1 Å². The molecule has 12 nitrogen and oxygen atoms in total. The molecule has 0 bridgehead atoms. The Hall–Kier alpha value is -3.96. The largest absolute Gasteiger partial charge is 0.467 e. The third kappa shape index (κ3) is 4.06. The van der Waals surface area contributed by atoms with Crippen molar-refractivity contribution in [3.8, 4) is 0 Å². The van der Waals surface area contributed by atoms with Crippen molar-refractivity contribution >= 4 is 23.2 Å². The number of carbonyl (C=O) groups excluding carboxylic acids is 2. The molecule has 0 spiro atoms. The summed E-state index contributed by atoms with van der Waals surface area (Å²) in [5, 5.41) is 23.9. The summed E-state index contributed by atoms with van der Waals surface area (Å²) >= 11 is 0. The Morgan fingerprint density at radius 1 is 1.39 bits per heavy atom. The monoisotopic (exact) mass is 387 g/mol. The van der Waals surface area contributed by atoms with Gasteiger partial charge in [-0.1, -0.05) is 0 Å². The van der Waals surface area contributed by atoms with Gasteiger partial charge >= 0.3 is 5.69 Å². The van der Waals surface area contributed by atoms with E-state index in [4.69, 9.17) is 4.42 Å². The fourth-order valence-electron chi connectivity index (χ4n) is 2.40. The van der Waals surface area contributed by atoms with E-state index in [0.29, 0.717) is 5.76 Å². The number of hydrogen-bond acceptors (Lipinski definition) is 7. The van der Waals surface area contributed by atoms with Crippen LogP contribution in [0.4, 0.5) is 11.4 Å². The van der Waals surface area contributed by atoms with Gasteiger partial charge in [0.1, 0.15) is 24.2 Å². The van der Waals surface area contributed by atoms with Gasteiger partial charge in [0, 0.05) is 13.2 Å². The van der Waals surface area contributed by atoms with Gasteiger partial charge in [-0.2, -0.15) is 10.2 Å². The van der Waals surface area contributed by atoms with Crippen LogP contribution in [-0.4, -0.2) is 36.3 Å². The maximum Gasteiger partial charge on any atom is 0.307 e. The number of amides is 2. The van der Waals surface area contributed by atoms with Crippen LogP contribution in [0.3, 0.4) is 0 Å². The van der Waals surface area contributed by atoms with Crippen molar-refractivity contribution in [1.29, 1.82) is 0 Å². The lowest BCUT2D eigenvalue weighted by Gasteiger charge is -2.12. The maximum atomic E-state index is 12.5. The number of anilines is 1. The molecule has 1 atom stereocenters. The summed E-state index contributed by atoms with van der Waals surface area (Å²) < 4.78 is 7.71. The number of rotatable bonds is 7. The van der Waals surface area contributed by atoms with Crippen molar-refractivity contribution in [2.24, 2.45) is 7.05 Å². The fourth-order valence-corrected chi connectivity index (χ4v) is 2.40. The van der Waals surface area contributed by atoms with E-state index in [9.17, 15) is 19.7 Å². The van der Waals surface area contributed by atoms with Crippen molar-refractivity contribution < 1.29 is 18.9 Å². The van der Waals surface area contributed by atoms with Crippen LogP contribution in [0.25, 0.3) is 0 Å². The van der Waals surface area contributed by atoms with Gasteiger partial charge < -0.3 is 15.1 Å². The molecule has 3 rings (SSSR count).